The van der Waals surface area contributed by atoms with Crippen molar-refractivity contribution in [2.24, 2.45) is 0 Å². The molecular weight excluding hydrogens is 558 g/mol. The number of fused-ring (bicyclic) bond motifs is 2. The van der Waals surface area contributed by atoms with E-state index in [-0.39, 0.29) is 24.2 Å². The number of ether oxygens (including phenoxy) is 1. The van der Waals surface area contributed by atoms with Crippen molar-refractivity contribution in [2.45, 2.75) is 25.5 Å². The molecule has 1 aliphatic heterocycles. The highest BCUT2D eigenvalue weighted by Crippen LogP contribution is 2.34. The van der Waals surface area contributed by atoms with Crippen LogP contribution in [0.2, 0.25) is 5.02 Å². The third kappa shape index (κ3) is 4.51. The van der Waals surface area contributed by atoms with Gasteiger partial charge in [0.15, 0.2) is 0 Å². The van der Waals surface area contributed by atoms with E-state index in [2.05, 4.69) is 25.9 Å². The van der Waals surface area contributed by atoms with Gasteiger partial charge in [-0.05, 0) is 64.7 Å². The Hall–Kier alpha value is -3.62. The molecule has 2 aromatic heterocycles. The van der Waals surface area contributed by atoms with Crippen molar-refractivity contribution in [3.63, 3.8) is 0 Å². The number of rotatable bonds is 4. The van der Waals surface area contributed by atoms with Crippen LogP contribution in [0.1, 0.15) is 30.1 Å². The van der Waals surface area contributed by atoms with E-state index in [0.717, 1.165) is 29.7 Å². The van der Waals surface area contributed by atoms with E-state index < -0.39 is 0 Å². The summed E-state index contributed by atoms with van der Waals surface area (Å²) in [6, 6.07) is 18.1. The third-order valence-electron chi connectivity index (χ3n) is 6.63. The Bertz CT molecular complexity index is 1700. The molecule has 0 bridgehead atoms. The normalized spacial score (nSPS) is 15.5. The zero-order valence-electron chi connectivity index (χ0n) is 19.5. The van der Waals surface area contributed by atoms with Crippen molar-refractivity contribution in [3.8, 4) is 11.4 Å². The van der Waals surface area contributed by atoms with Gasteiger partial charge in [0.25, 0.3) is 0 Å². The van der Waals surface area contributed by atoms with Crippen LogP contribution in [0, 0.1) is 0 Å². The largest absolute Gasteiger partial charge is 0.456 e. The topological polar surface area (TPSA) is 88.4 Å². The van der Waals surface area contributed by atoms with Crippen LogP contribution in [-0.4, -0.2) is 27.5 Å². The SMILES string of the molecule is O=C(OCc1ccccc1)N1CCC[C@H]1c1cnc(-c2ccc3oc4cc(Br)c(Cl)cc4c(=O)c3c2)[nH]1. The van der Waals surface area contributed by atoms with E-state index in [9.17, 15) is 9.59 Å². The van der Waals surface area contributed by atoms with Gasteiger partial charge in [0.1, 0.15) is 23.6 Å². The minimum atomic E-state index is -0.344. The molecule has 1 N–H and O–H groups in total. The molecule has 1 amide bonds. The zero-order valence-corrected chi connectivity index (χ0v) is 21.9. The quantitative estimate of drug-likeness (QED) is 0.227. The number of nitrogens with zero attached hydrogens (tertiary/aromatic N) is 2. The van der Waals surface area contributed by atoms with E-state index in [1.807, 2.05) is 36.4 Å². The maximum Gasteiger partial charge on any atom is 0.410 e. The highest BCUT2D eigenvalue weighted by atomic mass is 79.9. The third-order valence-corrected chi connectivity index (χ3v) is 7.83. The van der Waals surface area contributed by atoms with E-state index >= 15 is 0 Å². The molecule has 0 unspecified atom stereocenters. The van der Waals surface area contributed by atoms with Crippen LogP contribution in [0.3, 0.4) is 0 Å². The molecule has 1 saturated heterocycles. The Morgan fingerprint density at radius 3 is 2.78 bits per heavy atom. The molecule has 0 saturated carbocycles. The van der Waals surface area contributed by atoms with Gasteiger partial charge in [0.05, 0.1) is 33.7 Å². The smallest absolute Gasteiger partial charge is 0.410 e. The molecule has 1 aliphatic rings. The van der Waals surface area contributed by atoms with Crippen LogP contribution in [0.25, 0.3) is 33.3 Å². The minimum Gasteiger partial charge on any atom is -0.456 e. The second kappa shape index (κ2) is 9.68. The lowest BCUT2D eigenvalue weighted by atomic mass is 10.1. The summed E-state index contributed by atoms with van der Waals surface area (Å²) in [5.74, 6) is 0.606. The first-order valence-electron chi connectivity index (χ1n) is 11.9. The lowest BCUT2D eigenvalue weighted by Crippen LogP contribution is -2.31. The molecular formula is C28H21BrClN3O4. The van der Waals surface area contributed by atoms with Crippen LogP contribution in [0.4, 0.5) is 4.79 Å². The van der Waals surface area contributed by atoms with Crippen molar-refractivity contribution in [2.75, 3.05) is 6.54 Å². The van der Waals surface area contributed by atoms with Gasteiger partial charge < -0.3 is 14.1 Å². The Kier molecular flexibility index (Phi) is 6.22. The zero-order chi connectivity index (χ0) is 25.5. The van der Waals surface area contributed by atoms with Crippen molar-refractivity contribution in [3.05, 3.63) is 97.8 Å². The fraction of sp³-hybridized carbons (Fsp3) is 0.179. The summed E-state index contributed by atoms with van der Waals surface area (Å²) in [6.45, 7) is 0.850. The lowest BCUT2D eigenvalue weighted by Gasteiger charge is -2.23. The number of imidazole rings is 1. The number of nitrogens with one attached hydrogen (secondary N) is 1. The Morgan fingerprint density at radius 1 is 1.14 bits per heavy atom. The average Bonchev–Trinajstić information content (AvgIpc) is 3.59. The fourth-order valence-corrected chi connectivity index (χ4v) is 5.25. The number of amides is 1. The molecule has 3 aromatic carbocycles. The molecule has 1 fully saturated rings. The summed E-state index contributed by atoms with van der Waals surface area (Å²) >= 11 is 9.58. The molecule has 3 heterocycles. The number of aromatic amines is 1. The number of halogens is 2. The number of carbonyl (C=O) groups is 1. The molecule has 186 valence electrons. The van der Waals surface area contributed by atoms with Crippen molar-refractivity contribution >= 4 is 55.6 Å². The summed E-state index contributed by atoms with van der Waals surface area (Å²) in [6.07, 6.45) is 3.09. The van der Waals surface area contributed by atoms with Gasteiger partial charge in [0.2, 0.25) is 5.43 Å². The number of carbonyl (C=O) groups excluding carboxylic acids is 1. The lowest BCUT2D eigenvalue weighted by molar-refractivity contribution is 0.0915. The number of hydrogen-bond donors (Lipinski definition) is 1. The van der Waals surface area contributed by atoms with Crippen LogP contribution < -0.4 is 5.43 Å². The minimum absolute atomic E-state index is 0.153. The van der Waals surface area contributed by atoms with Gasteiger partial charge >= 0.3 is 6.09 Å². The van der Waals surface area contributed by atoms with Crippen molar-refractivity contribution in [1.29, 1.82) is 0 Å². The standard InChI is InChI=1S/C28H21BrClN3O4/c29-20-13-25-19(12-21(20)30)26(34)18-11-17(8-9-24(18)37-25)27-31-14-22(32-27)23-7-4-10-33(23)28(35)36-15-16-5-2-1-3-6-16/h1-3,5-6,8-9,11-14,23H,4,7,10,15H2,(H,31,32)/t23-/m0/s1. The molecule has 0 radical (unpaired) electrons. The van der Waals surface area contributed by atoms with Crippen LogP contribution in [0.15, 0.2) is 80.5 Å². The van der Waals surface area contributed by atoms with Gasteiger partial charge in [-0.1, -0.05) is 41.9 Å². The van der Waals surface area contributed by atoms with Gasteiger partial charge in [-0.3, -0.25) is 9.69 Å². The molecule has 6 rings (SSSR count). The molecule has 0 spiro atoms. The van der Waals surface area contributed by atoms with E-state index in [1.54, 1.807) is 35.4 Å². The number of aromatic nitrogens is 2. The summed E-state index contributed by atoms with van der Waals surface area (Å²) in [5.41, 5.74) is 3.28. The van der Waals surface area contributed by atoms with Crippen LogP contribution in [0.5, 0.6) is 0 Å². The first kappa shape index (κ1) is 23.8. The molecule has 9 heteroatoms. The first-order chi connectivity index (χ1) is 18.0. The predicted molar refractivity (Wildman–Crippen MR) is 146 cm³/mol. The molecule has 37 heavy (non-hydrogen) atoms. The summed E-state index contributed by atoms with van der Waals surface area (Å²) in [7, 11) is 0. The molecule has 1 atom stereocenters. The number of benzene rings is 3. The summed E-state index contributed by atoms with van der Waals surface area (Å²) in [5, 5.41) is 1.29. The average molecular weight is 579 g/mol. The van der Waals surface area contributed by atoms with Crippen LogP contribution in [-0.2, 0) is 11.3 Å². The Balaban J connectivity index is 1.26. The second-order valence-electron chi connectivity index (χ2n) is 8.98. The monoisotopic (exact) mass is 577 g/mol. The highest BCUT2D eigenvalue weighted by molar-refractivity contribution is 9.10. The van der Waals surface area contributed by atoms with Gasteiger partial charge in [-0.15, -0.1) is 0 Å². The van der Waals surface area contributed by atoms with Gasteiger partial charge in [0, 0.05) is 16.6 Å². The number of H-pyrrole nitrogens is 1. The van der Waals surface area contributed by atoms with Crippen LogP contribution >= 0.6 is 27.5 Å². The Morgan fingerprint density at radius 2 is 1.95 bits per heavy atom. The molecule has 5 aromatic rings. The summed E-state index contributed by atoms with van der Waals surface area (Å²) < 4.78 is 12.2. The van der Waals surface area contributed by atoms with E-state index in [4.69, 9.17) is 20.8 Å². The maximum atomic E-state index is 13.2. The van der Waals surface area contributed by atoms with E-state index in [0.29, 0.717) is 43.8 Å². The van der Waals surface area contributed by atoms with Gasteiger partial charge in [-0.25, -0.2) is 9.78 Å². The van der Waals surface area contributed by atoms with Crippen molar-refractivity contribution < 1.29 is 13.9 Å². The van der Waals surface area contributed by atoms with E-state index in [1.165, 1.54) is 0 Å². The molecule has 0 aliphatic carbocycles. The maximum absolute atomic E-state index is 13.2. The van der Waals surface area contributed by atoms with Gasteiger partial charge in [-0.2, -0.15) is 0 Å². The summed E-state index contributed by atoms with van der Waals surface area (Å²) in [4.78, 5) is 35.7. The highest BCUT2D eigenvalue weighted by Gasteiger charge is 2.32. The number of hydrogen-bond acceptors (Lipinski definition) is 5. The molecule has 7 nitrogen and oxygen atoms in total. The Labute approximate surface area is 225 Å². The number of likely N-dealkylation sites (tertiary alicyclic amines) is 1. The van der Waals surface area contributed by atoms with Crippen molar-refractivity contribution in [1.82, 2.24) is 14.9 Å². The fourth-order valence-electron chi connectivity index (χ4n) is 4.76. The second-order valence-corrected chi connectivity index (χ2v) is 10.2. The predicted octanol–water partition coefficient (Wildman–Crippen LogP) is 7.23. The first-order valence-corrected chi connectivity index (χ1v) is 13.0.